The number of carbonyl (C=O) groups excluding carboxylic acids is 2. The SMILES string of the molecule is CC(C)C(=O)N[C@H]1C[C@@]2(O)[C@H]3Cc4ccc(O)cc4[C@@]2(CCN3C)CC1=O. The second-order valence-corrected chi connectivity index (χ2v) is 8.86. The van der Waals surface area contributed by atoms with Gasteiger partial charge in [-0.15, -0.1) is 0 Å². The van der Waals surface area contributed by atoms with Crippen LogP contribution < -0.4 is 5.32 Å². The standard InChI is InChI=1S/C21H28N2O4/c1-12(2)19(26)22-16-10-21(27)18-8-13-4-5-14(24)9-15(13)20(21,11-17(16)25)6-7-23(18)3/h4-5,9,12,16,18,24,27H,6-8,10-11H2,1-3H3,(H,22,26)/t16-,18+,20+,21+/m0/s1. The molecule has 1 amide bonds. The molecule has 4 atom stereocenters. The lowest BCUT2D eigenvalue weighted by atomic mass is 9.48. The maximum Gasteiger partial charge on any atom is 0.223 e. The van der Waals surface area contributed by atoms with Crippen molar-refractivity contribution in [1.82, 2.24) is 10.2 Å². The number of aliphatic hydroxyl groups is 1. The molecule has 0 radical (unpaired) electrons. The molecule has 6 nitrogen and oxygen atoms in total. The Morgan fingerprint density at radius 2 is 2.11 bits per heavy atom. The number of phenols is 1. The first kappa shape index (κ1) is 18.4. The first-order valence-electron chi connectivity index (χ1n) is 9.76. The van der Waals surface area contributed by atoms with Crippen LogP contribution in [0.4, 0.5) is 0 Å². The fraction of sp³-hybridized carbons (Fsp3) is 0.619. The van der Waals surface area contributed by atoms with Crippen molar-refractivity contribution in [3.05, 3.63) is 29.3 Å². The highest BCUT2D eigenvalue weighted by Crippen LogP contribution is 2.57. The summed E-state index contributed by atoms with van der Waals surface area (Å²) in [7, 11) is 2.01. The van der Waals surface area contributed by atoms with Gasteiger partial charge in [-0.25, -0.2) is 0 Å². The molecule has 3 N–H and O–H groups in total. The highest BCUT2D eigenvalue weighted by atomic mass is 16.3. The van der Waals surface area contributed by atoms with Crippen molar-refractivity contribution >= 4 is 11.7 Å². The van der Waals surface area contributed by atoms with Gasteiger partial charge in [-0.3, -0.25) is 9.59 Å². The highest BCUT2D eigenvalue weighted by molar-refractivity contribution is 5.92. The number of hydrogen-bond acceptors (Lipinski definition) is 5. The van der Waals surface area contributed by atoms with Crippen molar-refractivity contribution in [1.29, 1.82) is 0 Å². The number of aromatic hydroxyl groups is 1. The van der Waals surface area contributed by atoms with Crippen LogP contribution in [-0.4, -0.2) is 58.1 Å². The number of amides is 1. The first-order valence-corrected chi connectivity index (χ1v) is 9.76. The third-order valence-electron chi connectivity index (χ3n) is 7.05. The molecule has 1 aromatic carbocycles. The molecule has 0 spiro atoms. The average molecular weight is 372 g/mol. The largest absolute Gasteiger partial charge is 0.508 e. The number of ketones is 1. The summed E-state index contributed by atoms with van der Waals surface area (Å²) >= 11 is 0. The molecule has 3 aliphatic rings. The Bertz CT molecular complexity index is 807. The quantitative estimate of drug-likeness (QED) is 0.724. The minimum atomic E-state index is -1.12. The van der Waals surface area contributed by atoms with E-state index in [1.807, 2.05) is 13.1 Å². The van der Waals surface area contributed by atoms with Gasteiger partial charge in [0.15, 0.2) is 5.78 Å². The summed E-state index contributed by atoms with van der Waals surface area (Å²) in [5.74, 6) is -0.256. The molecule has 1 saturated heterocycles. The minimum absolute atomic E-state index is 0.0341. The lowest BCUT2D eigenvalue weighted by Crippen LogP contribution is -2.75. The molecule has 0 unspecified atom stereocenters. The Labute approximate surface area is 159 Å². The zero-order chi connectivity index (χ0) is 19.6. The molecular weight excluding hydrogens is 344 g/mol. The van der Waals surface area contributed by atoms with Crippen molar-refractivity contribution in [2.75, 3.05) is 13.6 Å². The van der Waals surface area contributed by atoms with Gasteiger partial charge in [0, 0.05) is 30.2 Å². The molecule has 2 aliphatic carbocycles. The van der Waals surface area contributed by atoms with Crippen molar-refractivity contribution in [2.24, 2.45) is 5.92 Å². The third-order valence-corrected chi connectivity index (χ3v) is 7.05. The Kier molecular flexibility index (Phi) is 4.13. The van der Waals surface area contributed by atoms with Gasteiger partial charge in [-0.2, -0.15) is 0 Å². The Hall–Kier alpha value is -1.92. The van der Waals surface area contributed by atoms with E-state index in [9.17, 15) is 19.8 Å². The number of likely N-dealkylation sites (N-methyl/N-ethyl adjacent to an activating group) is 1. The predicted octanol–water partition coefficient (Wildman–Crippen LogP) is 1.12. The number of nitrogens with zero attached hydrogens (tertiary/aromatic N) is 1. The van der Waals surface area contributed by atoms with Crippen LogP contribution in [0, 0.1) is 5.92 Å². The van der Waals surface area contributed by atoms with Gasteiger partial charge in [0.1, 0.15) is 5.75 Å². The third kappa shape index (κ3) is 2.53. The fourth-order valence-corrected chi connectivity index (χ4v) is 5.50. The number of phenolic OH excluding ortho intramolecular Hbond substituents is 1. The maximum atomic E-state index is 13.0. The maximum absolute atomic E-state index is 13.0. The van der Waals surface area contributed by atoms with E-state index in [-0.39, 0.29) is 42.2 Å². The molecule has 1 saturated carbocycles. The number of piperidine rings is 1. The van der Waals surface area contributed by atoms with Crippen LogP contribution in [0.15, 0.2) is 18.2 Å². The molecule has 27 heavy (non-hydrogen) atoms. The highest BCUT2D eigenvalue weighted by Gasteiger charge is 2.66. The second kappa shape index (κ2) is 6.04. The molecule has 2 fully saturated rings. The number of hydrogen-bond donors (Lipinski definition) is 3. The second-order valence-electron chi connectivity index (χ2n) is 8.86. The number of carbonyl (C=O) groups is 2. The smallest absolute Gasteiger partial charge is 0.223 e. The van der Waals surface area contributed by atoms with Gasteiger partial charge >= 0.3 is 0 Å². The summed E-state index contributed by atoms with van der Waals surface area (Å²) in [6.07, 6.45) is 1.73. The molecule has 1 heterocycles. The van der Waals surface area contributed by atoms with E-state index in [1.165, 1.54) is 0 Å². The molecule has 1 aromatic rings. The number of nitrogens with one attached hydrogen (secondary N) is 1. The zero-order valence-electron chi connectivity index (χ0n) is 16.2. The van der Waals surface area contributed by atoms with E-state index in [4.69, 9.17) is 0 Å². The van der Waals surface area contributed by atoms with E-state index < -0.39 is 17.1 Å². The first-order chi connectivity index (χ1) is 12.7. The van der Waals surface area contributed by atoms with Crippen molar-refractivity contribution < 1.29 is 19.8 Å². The van der Waals surface area contributed by atoms with E-state index in [2.05, 4.69) is 10.2 Å². The van der Waals surface area contributed by atoms with Crippen LogP contribution >= 0.6 is 0 Å². The Balaban J connectivity index is 1.80. The van der Waals surface area contributed by atoms with Crippen LogP contribution in [0.1, 0.15) is 44.2 Å². The van der Waals surface area contributed by atoms with Crippen LogP contribution in [0.25, 0.3) is 0 Å². The number of fused-ring (bicyclic) bond motifs is 1. The number of Topliss-reactive ketones (excluding diaryl/α,β-unsaturated/α-hetero) is 1. The molecule has 0 aromatic heterocycles. The van der Waals surface area contributed by atoms with E-state index >= 15 is 0 Å². The van der Waals surface area contributed by atoms with Gasteiger partial charge in [-0.05, 0) is 49.7 Å². The van der Waals surface area contributed by atoms with Gasteiger partial charge in [0.2, 0.25) is 5.91 Å². The Morgan fingerprint density at radius 3 is 2.81 bits per heavy atom. The molecular formula is C21H28N2O4. The minimum Gasteiger partial charge on any atom is -0.508 e. The lowest BCUT2D eigenvalue weighted by molar-refractivity contribution is -0.174. The van der Waals surface area contributed by atoms with Crippen LogP contribution in [0.2, 0.25) is 0 Å². The van der Waals surface area contributed by atoms with Crippen LogP contribution in [0.3, 0.4) is 0 Å². The Morgan fingerprint density at radius 1 is 1.37 bits per heavy atom. The van der Waals surface area contributed by atoms with Crippen molar-refractivity contribution in [2.45, 2.75) is 62.6 Å². The lowest BCUT2D eigenvalue weighted by Gasteiger charge is -2.63. The summed E-state index contributed by atoms with van der Waals surface area (Å²) in [6, 6.07) is 4.53. The van der Waals surface area contributed by atoms with Gasteiger partial charge in [0.25, 0.3) is 0 Å². The summed E-state index contributed by atoms with van der Waals surface area (Å²) in [6.45, 7) is 4.38. The van der Waals surface area contributed by atoms with Gasteiger partial charge in [0.05, 0.1) is 11.6 Å². The number of benzene rings is 1. The molecule has 1 aliphatic heterocycles. The van der Waals surface area contributed by atoms with Crippen LogP contribution in [0.5, 0.6) is 5.75 Å². The predicted molar refractivity (Wildman–Crippen MR) is 100 cm³/mol. The monoisotopic (exact) mass is 372 g/mol. The summed E-state index contributed by atoms with van der Waals surface area (Å²) in [4.78, 5) is 27.4. The normalized spacial score (nSPS) is 35.5. The number of likely N-dealkylation sites (tertiary alicyclic amines) is 1. The molecule has 6 heteroatoms. The van der Waals surface area contributed by atoms with Crippen molar-refractivity contribution in [3.63, 3.8) is 0 Å². The van der Waals surface area contributed by atoms with Crippen LogP contribution in [-0.2, 0) is 21.4 Å². The average Bonchev–Trinajstić information content (AvgIpc) is 2.60. The topological polar surface area (TPSA) is 89.9 Å². The summed E-state index contributed by atoms with van der Waals surface area (Å²) < 4.78 is 0. The fourth-order valence-electron chi connectivity index (χ4n) is 5.50. The number of rotatable bonds is 2. The van der Waals surface area contributed by atoms with Gasteiger partial charge < -0.3 is 20.4 Å². The zero-order valence-corrected chi connectivity index (χ0v) is 16.2. The van der Waals surface area contributed by atoms with E-state index in [1.54, 1.807) is 26.0 Å². The molecule has 146 valence electrons. The van der Waals surface area contributed by atoms with Gasteiger partial charge in [-0.1, -0.05) is 19.9 Å². The molecule has 2 bridgehead atoms. The summed E-state index contributed by atoms with van der Waals surface area (Å²) in [5, 5.41) is 24.9. The molecule has 4 rings (SSSR count). The van der Waals surface area contributed by atoms with E-state index in [0.717, 1.165) is 17.7 Å². The van der Waals surface area contributed by atoms with Crippen molar-refractivity contribution in [3.8, 4) is 5.75 Å². The van der Waals surface area contributed by atoms with E-state index in [0.29, 0.717) is 12.8 Å². The summed E-state index contributed by atoms with van der Waals surface area (Å²) in [5.41, 5.74) is 0.166.